The summed E-state index contributed by atoms with van der Waals surface area (Å²) in [7, 11) is 0. The number of amides is 2. The van der Waals surface area contributed by atoms with E-state index in [2.05, 4.69) is 20.8 Å². The second-order valence-electron chi connectivity index (χ2n) is 4.57. The van der Waals surface area contributed by atoms with Gasteiger partial charge in [0, 0.05) is 34.3 Å². The molecule has 3 aromatic heterocycles. The monoisotopic (exact) mass is 344 g/mol. The molecule has 0 aliphatic heterocycles. The van der Waals surface area contributed by atoms with E-state index in [0.29, 0.717) is 11.3 Å². The maximum Gasteiger partial charge on any atom is 0.269 e. The highest BCUT2D eigenvalue weighted by molar-refractivity contribution is 7.14. The molecule has 2 N–H and O–H groups in total. The summed E-state index contributed by atoms with van der Waals surface area (Å²) in [4.78, 5) is 31.9. The number of thiophene rings is 1. The third kappa shape index (κ3) is 3.99. The highest BCUT2D eigenvalue weighted by Crippen LogP contribution is 2.25. The molecular formula is C15H12N4O2S2. The largest absolute Gasteiger partial charge is 0.273 e. The van der Waals surface area contributed by atoms with Crippen molar-refractivity contribution in [2.24, 2.45) is 0 Å². The molecule has 116 valence electrons. The molecule has 0 fully saturated rings. The van der Waals surface area contributed by atoms with Crippen LogP contribution in [0.15, 0.2) is 46.7 Å². The maximum absolute atomic E-state index is 11.9. The zero-order valence-corrected chi connectivity index (χ0v) is 13.5. The van der Waals surface area contributed by atoms with Crippen LogP contribution in [-0.4, -0.2) is 21.8 Å². The number of thiazole rings is 1. The molecule has 0 aliphatic carbocycles. The molecule has 2 amide bonds. The Morgan fingerprint density at radius 3 is 2.65 bits per heavy atom. The summed E-state index contributed by atoms with van der Waals surface area (Å²) in [6, 6.07) is 5.12. The van der Waals surface area contributed by atoms with Gasteiger partial charge in [0.25, 0.3) is 5.91 Å². The predicted octanol–water partition coefficient (Wildman–Crippen LogP) is 2.27. The molecule has 0 spiro atoms. The number of hydrogen-bond donors (Lipinski definition) is 2. The van der Waals surface area contributed by atoms with E-state index in [0.717, 1.165) is 10.6 Å². The number of rotatable bonds is 4. The van der Waals surface area contributed by atoms with E-state index >= 15 is 0 Å². The highest BCUT2D eigenvalue weighted by atomic mass is 32.1. The number of nitrogens with one attached hydrogen (secondary N) is 2. The molecule has 3 aromatic rings. The van der Waals surface area contributed by atoms with Crippen LogP contribution in [0.5, 0.6) is 0 Å². The van der Waals surface area contributed by atoms with Crippen LogP contribution in [0.2, 0.25) is 0 Å². The van der Waals surface area contributed by atoms with Crippen molar-refractivity contribution < 1.29 is 9.59 Å². The Kier molecular flexibility index (Phi) is 4.74. The second kappa shape index (κ2) is 7.12. The maximum atomic E-state index is 11.9. The van der Waals surface area contributed by atoms with Gasteiger partial charge in [0.05, 0.1) is 12.1 Å². The van der Waals surface area contributed by atoms with Crippen molar-refractivity contribution >= 4 is 34.5 Å². The van der Waals surface area contributed by atoms with Gasteiger partial charge in [-0.2, -0.15) is 11.3 Å². The van der Waals surface area contributed by atoms with Crippen LogP contribution in [0, 0.1) is 0 Å². The minimum Gasteiger partial charge on any atom is -0.273 e. The molecule has 0 unspecified atom stereocenters. The SMILES string of the molecule is O=C(Cc1csc(-c2ccsc2)n1)NNC(=O)c1ccncc1. The van der Waals surface area contributed by atoms with Crippen molar-refractivity contribution in [1.29, 1.82) is 0 Å². The van der Waals surface area contributed by atoms with Crippen LogP contribution >= 0.6 is 22.7 Å². The third-order valence-electron chi connectivity index (χ3n) is 2.92. The number of hydrogen-bond acceptors (Lipinski definition) is 6. The lowest BCUT2D eigenvalue weighted by atomic mass is 10.2. The average molecular weight is 344 g/mol. The van der Waals surface area contributed by atoms with E-state index in [4.69, 9.17) is 0 Å². The highest BCUT2D eigenvalue weighted by Gasteiger charge is 2.11. The van der Waals surface area contributed by atoms with Crippen molar-refractivity contribution in [1.82, 2.24) is 20.8 Å². The van der Waals surface area contributed by atoms with Gasteiger partial charge in [-0.1, -0.05) is 0 Å². The molecule has 0 atom stereocenters. The van der Waals surface area contributed by atoms with Gasteiger partial charge in [0.2, 0.25) is 5.91 Å². The number of carbonyl (C=O) groups excluding carboxylic acids is 2. The number of pyridine rings is 1. The van der Waals surface area contributed by atoms with Gasteiger partial charge in [-0.15, -0.1) is 11.3 Å². The smallest absolute Gasteiger partial charge is 0.269 e. The molecule has 0 saturated heterocycles. The van der Waals surface area contributed by atoms with E-state index in [1.54, 1.807) is 23.5 Å². The third-order valence-corrected chi connectivity index (χ3v) is 4.54. The Morgan fingerprint density at radius 1 is 1.09 bits per heavy atom. The Morgan fingerprint density at radius 2 is 1.91 bits per heavy atom. The first-order chi connectivity index (χ1) is 11.2. The molecule has 0 saturated carbocycles. The van der Waals surface area contributed by atoms with Gasteiger partial charge in [0.1, 0.15) is 5.01 Å². The Hall–Kier alpha value is -2.58. The fourth-order valence-electron chi connectivity index (χ4n) is 1.82. The zero-order valence-electron chi connectivity index (χ0n) is 11.9. The van der Waals surface area contributed by atoms with Crippen LogP contribution in [0.25, 0.3) is 10.6 Å². The second-order valence-corrected chi connectivity index (χ2v) is 6.21. The zero-order chi connectivity index (χ0) is 16.1. The molecule has 3 heterocycles. The lowest BCUT2D eigenvalue weighted by Crippen LogP contribution is -2.42. The van der Waals surface area contributed by atoms with Gasteiger partial charge < -0.3 is 0 Å². The lowest BCUT2D eigenvalue weighted by Gasteiger charge is -2.06. The minimum absolute atomic E-state index is 0.108. The molecule has 0 radical (unpaired) electrons. The Labute approximate surface area is 140 Å². The van der Waals surface area contributed by atoms with Crippen LogP contribution < -0.4 is 10.9 Å². The fraction of sp³-hybridized carbons (Fsp3) is 0.0667. The first-order valence-electron chi connectivity index (χ1n) is 6.68. The van der Waals surface area contributed by atoms with Gasteiger partial charge in [-0.3, -0.25) is 25.4 Å². The molecular weight excluding hydrogens is 332 g/mol. The van der Waals surface area contributed by atoms with Crippen molar-refractivity contribution in [2.45, 2.75) is 6.42 Å². The summed E-state index contributed by atoms with van der Waals surface area (Å²) in [5.41, 5.74) is 6.90. The average Bonchev–Trinajstić information content (AvgIpc) is 3.24. The summed E-state index contributed by atoms with van der Waals surface area (Å²) >= 11 is 3.09. The first kappa shape index (κ1) is 15.3. The van der Waals surface area contributed by atoms with Crippen LogP contribution in [-0.2, 0) is 11.2 Å². The Bertz CT molecular complexity index is 800. The van der Waals surface area contributed by atoms with Crippen LogP contribution in [0.4, 0.5) is 0 Å². The van der Waals surface area contributed by atoms with Gasteiger partial charge >= 0.3 is 0 Å². The molecule has 8 heteroatoms. The van der Waals surface area contributed by atoms with Gasteiger partial charge in [0.15, 0.2) is 0 Å². The quantitative estimate of drug-likeness (QED) is 0.711. The summed E-state index contributed by atoms with van der Waals surface area (Å²) in [5.74, 6) is -0.715. The normalized spacial score (nSPS) is 10.3. The number of hydrazine groups is 1. The minimum atomic E-state index is -0.391. The number of nitrogens with zero attached hydrogens (tertiary/aromatic N) is 2. The van der Waals surface area contributed by atoms with E-state index in [-0.39, 0.29) is 12.3 Å². The molecule has 0 aliphatic rings. The fourth-order valence-corrected chi connectivity index (χ4v) is 3.35. The molecule has 6 nitrogen and oxygen atoms in total. The van der Waals surface area contributed by atoms with E-state index in [1.165, 1.54) is 23.7 Å². The van der Waals surface area contributed by atoms with Gasteiger partial charge in [-0.05, 0) is 23.6 Å². The summed E-state index contributed by atoms with van der Waals surface area (Å²) < 4.78 is 0. The number of aromatic nitrogens is 2. The molecule has 3 rings (SSSR count). The van der Waals surface area contributed by atoms with E-state index < -0.39 is 5.91 Å². The predicted molar refractivity (Wildman–Crippen MR) is 89.0 cm³/mol. The summed E-state index contributed by atoms with van der Waals surface area (Å²) in [5, 5.41) is 6.72. The van der Waals surface area contributed by atoms with E-state index in [1.807, 2.05) is 22.2 Å². The van der Waals surface area contributed by atoms with E-state index in [9.17, 15) is 9.59 Å². The summed E-state index contributed by atoms with van der Waals surface area (Å²) in [6.07, 6.45) is 3.13. The van der Waals surface area contributed by atoms with Crippen molar-refractivity contribution in [3.05, 3.63) is 58.0 Å². The number of carbonyl (C=O) groups is 2. The van der Waals surface area contributed by atoms with Crippen molar-refractivity contribution in [2.75, 3.05) is 0 Å². The van der Waals surface area contributed by atoms with Crippen LogP contribution in [0.1, 0.15) is 16.1 Å². The molecule has 0 aromatic carbocycles. The Balaban J connectivity index is 1.53. The topological polar surface area (TPSA) is 84.0 Å². The molecule has 23 heavy (non-hydrogen) atoms. The van der Waals surface area contributed by atoms with Crippen molar-refractivity contribution in [3.8, 4) is 10.6 Å². The van der Waals surface area contributed by atoms with Crippen LogP contribution in [0.3, 0.4) is 0 Å². The summed E-state index contributed by atoms with van der Waals surface area (Å²) in [6.45, 7) is 0. The molecule has 0 bridgehead atoms. The lowest BCUT2D eigenvalue weighted by molar-refractivity contribution is -0.121. The van der Waals surface area contributed by atoms with Crippen molar-refractivity contribution in [3.63, 3.8) is 0 Å². The van der Waals surface area contributed by atoms with Gasteiger partial charge in [-0.25, -0.2) is 4.98 Å². The standard InChI is InChI=1S/C15H12N4O2S2/c20-13(18-19-14(21)10-1-4-16-5-2-10)7-12-9-23-15(17-12)11-3-6-22-8-11/h1-6,8-9H,7H2,(H,18,20)(H,19,21). The first-order valence-corrected chi connectivity index (χ1v) is 8.51.